The summed E-state index contributed by atoms with van der Waals surface area (Å²) in [7, 11) is 0. The molecule has 1 heteroatoms. The Kier molecular flexibility index (Phi) is 3.02. The van der Waals surface area contributed by atoms with E-state index < -0.39 is 0 Å². The fraction of sp³-hybridized carbons (Fsp3) is 0.700. The molecule has 3 aliphatic carbocycles. The van der Waals surface area contributed by atoms with Gasteiger partial charge in [-0.25, -0.2) is 0 Å². The van der Waals surface area contributed by atoms with Crippen LogP contribution in [0.4, 0.5) is 0 Å². The standard InChI is InChI=1S/C20H29N/c1-19(2)17-9-10-20(3,12-17)18(19)21-13-14-7-8-15-5-4-6-16(15)11-14/h7-8,11,17-18,21H,4-6,9-10,12-13H2,1-3H3. The monoisotopic (exact) mass is 283 g/mol. The van der Waals surface area contributed by atoms with Gasteiger partial charge >= 0.3 is 0 Å². The van der Waals surface area contributed by atoms with Gasteiger partial charge in [-0.3, -0.25) is 0 Å². The highest BCUT2D eigenvalue weighted by Crippen LogP contribution is 2.62. The molecule has 21 heavy (non-hydrogen) atoms. The van der Waals surface area contributed by atoms with Crippen LogP contribution >= 0.6 is 0 Å². The minimum absolute atomic E-state index is 0.462. The molecule has 114 valence electrons. The van der Waals surface area contributed by atoms with E-state index in [-0.39, 0.29) is 0 Å². The second-order valence-corrected chi connectivity index (χ2v) is 8.69. The number of hydrogen-bond acceptors (Lipinski definition) is 1. The minimum Gasteiger partial charge on any atom is -0.309 e. The Morgan fingerprint density at radius 3 is 2.71 bits per heavy atom. The molecule has 1 nitrogen and oxygen atoms in total. The van der Waals surface area contributed by atoms with Crippen molar-refractivity contribution in [1.29, 1.82) is 0 Å². The van der Waals surface area contributed by atoms with Crippen molar-refractivity contribution in [1.82, 2.24) is 5.32 Å². The molecule has 2 saturated carbocycles. The van der Waals surface area contributed by atoms with E-state index in [1.807, 2.05) is 0 Å². The van der Waals surface area contributed by atoms with Crippen molar-refractivity contribution in [3.8, 4) is 0 Å². The number of benzene rings is 1. The van der Waals surface area contributed by atoms with E-state index in [2.05, 4.69) is 44.3 Å². The Morgan fingerprint density at radius 2 is 1.95 bits per heavy atom. The van der Waals surface area contributed by atoms with Gasteiger partial charge in [0.25, 0.3) is 0 Å². The van der Waals surface area contributed by atoms with Gasteiger partial charge in [-0.05, 0) is 72.0 Å². The van der Waals surface area contributed by atoms with E-state index in [4.69, 9.17) is 0 Å². The summed E-state index contributed by atoms with van der Waals surface area (Å²) in [5.41, 5.74) is 5.67. The maximum Gasteiger partial charge on any atom is 0.0208 e. The van der Waals surface area contributed by atoms with Gasteiger partial charge in [0.15, 0.2) is 0 Å². The molecule has 0 heterocycles. The van der Waals surface area contributed by atoms with Crippen LogP contribution in [0.25, 0.3) is 0 Å². The first-order valence-corrected chi connectivity index (χ1v) is 8.83. The van der Waals surface area contributed by atoms with E-state index in [9.17, 15) is 0 Å². The van der Waals surface area contributed by atoms with Gasteiger partial charge in [0.1, 0.15) is 0 Å². The number of rotatable bonds is 3. The first-order valence-electron chi connectivity index (χ1n) is 8.83. The van der Waals surface area contributed by atoms with Crippen LogP contribution in [0, 0.1) is 16.7 Å². The first kappa shape index (κ1) is 13.8. The quantitative estimate of drug-likeness (QED) is 0.862. The first-order chi connectivity index (χ1) is 9.99. The molecule has 2 bridgehead atoms. The molecule has 0 aliphatic heterocycles. The van der Waals surface area contributed by atoms with Gasteiger partial charge in [0.2, 0.25) is 0 Å². The van der Waals surface area contributed by atoms with Gasteiger partial charge in [-0.1, -0.05) is 39.0 Å². The summed E-state index contributed by atoms with van der Waals surface area (Å²) in [5.74, 6) is 0.931. The van der Waals surface area contributed by atoms with Gasteiger partial charge in [0, 0.05) is 12.6 Å². The largest absolute Gasteiger partial charge is 0.309 e. The number of nitrogens with one attached hydrogen (secondary N) is 1. The van der Waals surface area contributed by atoms with Crippen molar-refractivity contribution in [3.05, 3.63) is 34.9 Å². The van der Waals surface area contributed by atoms with Crippen molar-refractivity contribution in [2.24, 2.45) is 16.7 Å². The maximum absolute atomic E-state index is 3.95. The van der Waals surface area contributed by atoms with Crippen LogP contribution in [-0.4, -0.2) is 6.04 Å². The van der Waals surface area contributed by atoms with E-state index in [1.54, 1.807) is 11.1 Å². The number of fused-ring (bicyclic) bond motifs is 3. The Morgan fingerprint density at radius 1 is 1.14 bits per heavy atom. The second-order valence-electron chi connectivity index (χ2n) is 8.69. The molecule has 0 spiro atoms. The normalized spacial score (nSPS) is 36.1. The van der Waals surface area contributed by atoms with Gasteiger partial charge in [-0.15, -0.1) is 0 Å². The molecule has 1 aromatic rings. The van der Waals surface area contributed by atoms with Gasteiger partial charge in [-0.2, -0.15) is 0 Å². The fourth-order valence-electron chi connectivity index (χ4n) is 5.77. The number of hydrogen-bond donors (Lipinski definition) is 1. The summed E-state index contributed by atoms with van der Waals surface area (Å²) in [6, 6.07) is 7.85. The highest BCUT2D eigenvalue weighted by molar-refractivity contribution is 5.35. The summed E-state index contributed by atoms with van der Waals surface area (Å²) in [6.07, 6.45) is 8.23. The van der Waals surface area contributed by atoms with Crippen LogP contribution in [0.3, 0.4) is 0 Å². The van der Waals surface area contributed by atoms with E-state index in [0.29, 0.717) is 16.9 Å². The Hall–Kier alpha value is -0.820. The minimum atomic E-state index is 0.462. The molecule has 3 atom stereocenters. The lowest BCUT2D eigenvalue weighted by atomic mass is 9.68. The lowest BCUT2D eigenvalue weighted by Gasteiger charge is -2.43. The Labute approximate surface area is 129 Å². The summed E-state index contributed by atoms with van der Waals surface area (Å²) in [6.45, 7) is 8.54. The molecular weight excluding hydrogens is 254 g/mol. The Balaban J connectivity index is 1.49. The summed E-state index contributed by atoms with van der Waals surface area (Å²) in [5, 5.41) is 3.95. The molecule has 0 radical (unpaired) electrons. The molecular formula is C20H29N. The van der Waals surface area contributed by atoms with Gasteiger partial charge < -0.3 is 5.32 Å². The van der Waals surface area contributed by atoms with E-state index in [1.165, 1.54) is 44.1 Å². The Bertz CT molecular complexity index is 554. The topological polar surface area (TPSA) is 12.0 Å². The molecule has 2 fully saturated rings. The molecule has 0 saturated heterocycles. The average Bonchev–Trinajstić information content (AvgIpc) is 3.08. The zero-order chi connectivity index (χ0) is 14.7. The maximum atomic E-state index is 3.95. The van der Waals surface area contributed by atoms with Crippen LogP contribution < -0.4 is 5.32 Å². The SMILES string of the molecule is CC12CCC(C1)C(C)(C)C2NCc1ccc2c(c1)CCC2. The van der Waals surface area contributed by atoms with Gasteiger partial charge in [0.05, 0.1) is 0 Å². The third-order valence-corrected chi connectivity index (χ3v) is 6.94. The number of aryl methyl sites for hydroxylation is 2. The summed E-state index contributed by atoms with van der Waals surface area (Å²) in [4.78, 5) is 0. The van der Waals surface area contributed by atoms with Crippen LogP contribution in [0.15, 0.2) is 18.2 Å². The molecule has 1 aromatic carbocycles. The molecule has 0 aromatic heterocycles. The lowest BCUT2D eigenvalue weighted by Crippen LogP contribution is -2.49. The van der Waals surface area contributed by atoms with E-state index in [0.717, 1.165) is 12.5 Å². The second kappa shape index (κ2) is 4.59. The zero-order valence-electron chi connectivity index (χ0n) is 13.8. The predicted octanol–water partition coefficient (Wildman–Crippen LogP) is 4.48. The highest BCUT2D eigenvalue weighted by Gasteiger charge is 2.58. The highest BCUT2D eigenvalue weighted by atomic mass is 15.0. The smallest absolute Gasteiger partial charge is 0.0208 e. The summed E-state index contributed by atoms with van der Waals surface area (Å²) >= 11 is 0. The van der Waals surface area contributed by atoms with Crippen molar-refractivity contribution in [2.45, 2.75) is 71.9 Å². The molecule has 3 aliphatic rings. The molecule has 3 unspecified atom stereocenters. The average molecular weight is 283 g/mol. The third kappa shape index (κ3) is 2.08. The van der Waals surface area contributed by atoms with Crippen LogP contribution in [0.1, 0.15) is 63.1 Å². The lowest BCUT2D eigenvalue weighted by molar-refractivity contribution is 0.108. The zero-order valence-corrected chi connectivity index (χ0v) is 13.8. The third-order valence-electron chi connectivity index (χ3n) is 6.94. The van der Waals surface area contributed by atoms with Crippen LogP contribution in [0.5, 0.6) is 0 Å². The predicted molar refractivity (Wildman–Crippen MR) is 88.3 cm³/mol. The van der Waals surface area contributed by atoms with Crippen LogP contribution in [0.2, 0.25) is 0 Å². The van der Waals surface area contributed by atoms with E-state index >= 15 is 0 Å². The van der Waals surface area contributed by atoms with Crippen molar-refractivity contribution >= 4 is 0 Å². The van der Waals surface area contributed by atoms with Crippen molar-refractivity contribution in [2.75, 3.05) is 0 Å². The van der Waals surface area contributed by atoms with Crippen molar-refractivity contribution < 1.29 is 0 Å². The van der Waals surface area contributed by atoms with Crippen LogP contribution in [-0.2, 0) is 19.4 Å². The van der Waals surface area contributed by atoms with Crippen molar-refractivity contribution in [3.63, 3.8) is 0 Å². The molecule has 1 N–H and O–H groups in total. The summed E-state index contributed by atoms with van der Waals surface area (Å²) < 4.78 is 0. The molecule has 0 amide bonds. The molecule has 4 rings (SSSR count). The fourth-order valence-corrected chi connectivity index (χ4v) is 5.77.